The Hall–Kier alpha value is -1.83. The largest absolute Gasteiger partial charge is 0.465 e. The molecule has 1 rings (SSSR count). The van der Waals surface area contributed by atoms with Crippen molar-refractivity contribution in [2.75, 3.05) is 6.61 Å². The smallest absolute Gasteiger partial charge is 0.310 e. The van der Waals surface area contributed by atoms with Crippen LogP contribution in [0, 0.1) is 5.92 Å². The van der Waals surface area contributed by atoms with Crippen LogP contribution in [0.2, 0.25) is 0 Å². The quantitative estimate of drug-likeness (QED) is 0.400. The molecule has 0 fully saturated rings. The van der Waals surface area contributed by atoms with Gasteiger partial charge in [-0.2, -0.15) is 0 Å². The Bertz CT molecular complexity index is 446. The van der Waals surface area contributed by atoms with Gasteiger partial charge < -0.3 is 4.74 Å². The fourth-order valence-electron chi connectivity index (χ4n) is 1.67. The number of carbonyl (C=O) groups is 1. The molecule has 1 unspecified atom stereocenters. The molecule has 0 spiro atoms. The number of esters is 1. The summed E-state index contributed by atoms with van der Waals surface area (Å²) in [7, 11) is 0. The summed E-state index contributed by atoms with van der Waals surface area (Å²) in [4.78, 5) is 11.6. The van der Waals surface area contributed by atoms with Crippen molar-refractivity contribution in [1.82, 2.24) is 0 Å². The molecule has 1 aromatic rings. The molecule has 108 valence electrons. The number of ether oxygens (including phenoxy) is 1. The highest BCUT2D eigenvalue weighted by Gasteiger charge is 2.03. The van der Waals surface area contributed by atoms with Gasteiger partial charge in [-0.25, -0.2) is 0 Å². The Kier molecular flexibility index (Phi) is 7.41. The second-order valence-electron chi connectivity index (χ2n) is 5.13. The summed E-state index contributed by atoms with van der Waals surface area (Å²) < 4.78 is 5.19. The van der Waals surface area contributed by atoms with Gasteiger partial charge in [0.25, 0.3) is 0 Å². The first-order chi connectivity index (χ1) is 9.59. The van der Waals surface area contributed by atoms with Crippen LogP contribution in [0.25, 0.3) is 0 Å². The summed E-state index contributed by atoms with van der Waals surface area (Å²) in [5.41, 5.74) is 2.19. The van der Waals surface area contributed by atoms with E-state index in [4.69, 9.17) is 4.74 Å². The first-order valence-electron chi connectivity index (χ1n) is 7.09. The molecule has 20 heavy (non-hydrogen) atoms. The van der Waals surface area contributed by atoms with Gasteiger partial charge in [-0.05, 0) is 31.2 Å². The number of benzene rings is 1. The second-order valence-corrected chi connectivity index (χ2v) is 5.13. The number of allylic oxidation sites excluding steroid dienone is 2. The van der Waals surface area contributed by atoms with Crippen molar-refractivity contribution in [2.45, 2.75) is 33.1 Å². The average molecular weight is 272 g/mol. The van der Waals surface area contributed by atoms with Gasteiger partial charge >= 0.3 is 5.97 Å². The van der Waals surface area contributed by atoms with Crippen LogP contribution in [0.4, 0.5) is 0 Å². The molecule has 0 bridgehead atoms. The molecule has 0 aromatic heterocycles. The van der Waals surface area contributed by atoms with Gasteiger partial charge in [0.15, 0.2) is 0 Å². The van der Waals surface area contributed by atoms with Gasteiger partial charge in [0, 0.05) is 0 Å². The summed E-state index contributed by atoms with van der Waals surface area (Å²) in [6, 6.07) is 9.65. The van der Waals surface area contributed by atoms with Crippen LogP contribution in [-0.4, -0.2) is 12.6 Å². The van der Waals surface area contributed by atoms with E-state index in [2.05, 4.69) is 25.7 Å². The number of carbonyl (C=O) groups excluding carboxylic acids is 1. The summed E-state index contributed by atoms with van der Waals surface area (Å²) in [6.07, 6.45) is 6.30. The molecule has 0 saturated carbocycles. The fraction of sp³-hybridized carbons (Fsp3) is 0.389. The molecule has 0 aliphatic rings. The van der Waals surface area contributed by atoms with Crippen LogP contribution in [0.3, 0.4) is 0 Å². The maximum atomic E-state index is 11.6. The zero-order valence-electron chi connectivity index (χ0n) is 12.5. The van der Waals surface area contributed by atoms with E-state index in [9.17, 15) is 4.79 Å². The molecule has 0 aliphatic carbocycles. The van der Waals surface area contributed by atoms with Gasteiger partial charge in [0.2, 0.25) is 0 Å². The third-order valence-corrected chi connectivity index (χ3v) is 3.24. The number of rotatable bonds is 8. The highest BCUT2D eigenvalue weighted by molar-refractivity contribution is 5.72. The maximum Gasteiger partial charge on any atom is 0.310 e. The van der Waals surface area contributed by atoms with E-state index in [0.29, 0.717) is 18.9 Å². The van der Waals surface area contributed by atoms with E-state index < -0.39 is 0 Å². The first kappa shape index (κ1) is 16.2. The van der Waals surface area contributed by atoms with Crippen molar-refractivity contribution >= 4 is 5.97 Å². The Morgan fingerprint density at radius 2 is 2.00 bits per heavy atom. The highest BCUT2D eigenvalue weighted by Crippen LogP contribution is 2.12. The Morgan fingerprint density at radius 3 is 2.65 bits per heavy atom. The minimum Gasteiger partial charge on any atom is -0.465 e. The number of hydrogen-bond acceptors (Lipinski definition) is 2. The van der Waals surface area contributed by atoms with Crippen molar-refractivity contribution in [2.24, 2.45) is 5.92 Å². The third-order valence-electron chi connectivity index (χ3n) is 3.24. The minimum atomic E-state index is -0.167. The molecule has 0 N–H and O–H groups in total. The van der Waals surface area contributed by atoms with E-state index in [0.717, 1.165) is 18.4 Å². The summed E-state index contributed by atoms with van der Waals surface area (Å²) >= 11 is 0. The normalized spacial score (nSPS) is 12.3. The molecular formula is C18H24O2. The minimum absolute atomic E-state index is 0.167. The van der Waals surface area contributed by atoms with Crippen molar-refractivity contribution in [1.29, 1.82) is 0 Å². The molecule has 1 atom stereocenters. The molecule has 2 nitrogen and oxygen atoms in total. The van der Waals surface area contributed by atoms with Gasteiger partial charge in [-0.1, -0.05) is 61.6 Å². The van der Waals surface area contributed by atoms with Gasteiger partial charge in [0.1, 0.15) is 0 Å². The van der Waals surface area contributed by atoms with Crippen LogP contribution in [0.15, 0.2) is 54.6 Å². The van der Waals surface area contributed by atoms with Crippen molar-refractivity contribution < 1.29 is 9.53 Å². The molecule has 0 saturated heterocycles. The van der Waals surface area contributed by atoms with Gasteiger partial charge in [-0.3, -0.25) is 4.79 Å². The predicted octanol–water partition coefficient (Wildman–Crippen LogP) is 4.32. The van der Waals surface area contributed by atoms with Crippen molar-refractivity contribution in [3.63, 3.8) is 0 Å². The monoisotopic (exact) mass is 272 g/mol. The lowest BCUT2D eigenvalue weighted by atomic mass is 10.0. The first-order valence-corrected chi connectivity index (χ1v) is 7.09. The molecule has 0 heterocycles. The van der Waals surface area contributed by atoms with Gasteiger partial charge in [-0.15, -0.1) is 0 Å². The SMILES string of the molecule is C=C(C)C(C)C/C=C/CCOC(=O)Cc1ccccc1. The third kappa shape index (κ3) is 6.93. The molecule has 1 aromatic carbocycles. The highest BCUT2D eigenvalue weighted by atomic mass is 16.5. The number of hydrogen-bond donors (Lipinski definition) is 0. The summed E-state index contributed by atoms with van der Waals surface area (Å²) in [5, 5.41) is 0. The van der Waals surface area contributed by atoms with Crippen molar-refractivity contribution in [3.8, 4) is 0 Å². The van der Waals surface area contributed by atoms with E-state index in [1.807, 2.05) is 37.3 Å². The van der Waals surface area contributed by atoms with E-state index in [-0.39, 0.29) is 5.97 Å². The topological polar surface area (TPSA) is 26.3 Å². The Morgan fingerprint density at radius 1 is 1.30 bits per heavy atom. The molecular weight excluding hydrogens is 248 g/mol. The fourth-order valence-corrected chi connectivity index (χ4v) is 1.67. The summed E-state index contributed by atoms with van der Waals surface area (Å²) in [5.74, 6) is 0.340. The lowest BCUT2D eigenvalue weighted by Gasteiger charge is -2.06. The molecule has 0 radical (unpaired) electrons. The van der Waals surface area contributed by atoms with Crippen LogP contribution < -0.4 is 0 Å². The van der Waals surface area contributed by atoms with E-state index in [1.165, 1.54) is 5.57 Å². The predicted molar refractivity (Wildman–Crippen MR) is 83.5 cm³/mol. The Balaban J connectivity index is 2.13. The molecule has 2 heteroatoms. The molecule has 0 amide bonds. The van der Waals surface area contributed by atoms with Crippen LogP contribution in [-0.2, 0) is 16.0 Å². The average Bonchev–Trinajstić information content (AvgIpc) is 2.43. The maximum absolute atomic E-state index is 11.6. The summed E-state index contributed by atoms with van der Waals surface area (Å²) in [6.45, 7) is 8.58. The second kappa shape index (κ2) is 9.13. The van der Waals surface area contributed by atoms with Crippen LogP contribution >= 0.6 is 0 Å². The van der Waals surface area contributed by atoms with Crippen LogP contribution in [0.5, 0.6) is 0 Å². The van der Waals surface area contributed by atoms with Crippen LogP contribution in [0.1, 0.15) is 32.3 Å². The Labute approximate surface area is 122 Å². The molecule has 0 aliphatic heterocycles. The zero-order valence-corrected chi connectivity index (χ0v) is 12.5. The lowest BCUT2D eigenvalue weighted by molar-refractivity contribution is -0.142. The van der Waals surface area contributed by atoms with E-state index in [1.54, 1.807) is 0 Å². The van der Waals surface area contributed by atoms with E-state index >= 15 is 0 Å². The lowest BCUT2D eigenvalue weighted by Crippen LogP contribution is -2.08. The van der Waals surface area contributed by atoms with Crippen molar-refractivity contribution in [3.05, 3.63) is 60.2 Å². The standard InChI is InChI=1S/C18H24O2/c1-15(2)16(3)10-6-5-9-13-20-18(19)14-17-11-7-4-8-12-17/h4-8,11-12,16H,1,9-10,13-14H2,2-3H3/b6-5+. The zero-order chi connectivity index (χ0) is 14.8. The van der Waals surface area contributed by atoms with Gasteiger partial charge in [0.05, 0.1) is 13.0 Å².